The van der Waals surface area contributed by atoms with Crippen LogP contribution in [0.3, 0.4) is 0 Å². The van der Waals surface area contributed by atoms with Gasteiger partial charge in [-0.3, -0.25) is 0 Å². The van der Waals surface area contributed by atoms with Gasteiger partial charge < -0.3 is 9.84 Å². The summed E-state index contributed by atoms with van der Waals surface area (Å²) < 4.78 is 5.17. The highest BCUT2D eigenvalue weighted by molar-refractivity contribution is 5.86. The van der Waals surface area contributed by atoms with Gasteiger partial charge in [0.05, 0.1) is 6.61 Å². The van der Waals surface area contributed by atoms with Gasteiger partial charge in [0, 0.05) is 18.1 Å². The van der Waals surface area contributed by atoms with Gasteiger partial charge in [-0.25, -0.2) is 4.79 Å². The molecule has 3 nitrogen and oxygen atoms in total. The molecule has 0 aromatic heterocycles. The summed E-state index contributed by atoms with van der Waals surface area (Å²) in [5, 5.41) is 9.50. The van der Waals surface area contributed by atoms with Gasteiger partial charge in [-0.1, -0.05) is 83.8 Å². The van der Waals surface area contributed by atoms with Crippen LogP contribution >= 0.6 is 0 Å². The second-order valence-corrected chi connectivity index (χ2v) is 8.73. The quantitative estimate of drug-likeness (QED) is 0.280. The van der Waals surface area contributed by atoms with Crippen LogP contribution in [0.25, 0.3) is 0 Å². The van der Waals surface area contributed by atoms with E-state index in [-0.39, 0.29) is 25.1 Å². The summed E-state index contributed by atoms with van der Waals surface area (Å²) in [7, 11) is 0. The molecule has 3 heteroatoms. The molecule has 0 heterocycles. The molecule has 3 unspecified atom stereocenters. The highest BCUT2D eigenvalue weighted by Crippen LogP contribution is 2.30. The molecule has 0 aromatic rings. The number of hydrogen-bond acceptors (Lipinski definition) is 3. The minimum Gasteiger partial charge on any atom is -0.462 e. The highest BCUT2D eigenvalue weighted by atomic mass is 16.5. The highest BCUT2D eigenvalue weighted by Gasteiger charge is 2.16. The van der Waals surface area contributed by atoms with Crippen LogP contribution in [0.1, 0.15) is 92.9 Å². The first-order valence-electron chi connectivity index (χ1n) is 11.6. The minimum absolute atomic E-state index is 0.000897. The molecule has 0 saturated carbocycles. The minimum atomic E-state index is -0.376. The third kappa shape index (κ3) is 12.7. The molecule has 0 spiro atoms. The number of carbonyl (C=O) groups excluding carboxylic acids is 1. The molecule has 1 N–H and O–H groups in total. The average molecular weight is 407 g/mol. The topological polar surface area (TPSA) is 46.5 Å². The molecule has 0 saturated heterocycles. The van der Waals surface area contributed by atoms with Crippen LogP contribution in [-0.2, 0) is 9.53 Å². The van der Waals surface area contributed by atoms with E-state index >= 15 is 0 Å². The molecule has 0 aliphatic heterocycles. The van der Waals surface area contributed by atoms with E-state index in [1.165, 1.54) is 31.3 Å². The summed E-state index contributed by atoms with van der Waals surface area (Å²) in [6.45, 7) is 16.7. The lowest BCUT2D eigenvalue weighted by atomic mass is 9.84. The molecule has 1 rings (SSSR count). The number of aliphatic hydroxyl groups is 1. The molecule has 0 bridgehead atoms. The van der Waals surface area contributed by atoms with E-state index < -0.39 is 0 Å². The van der Waals surface area contributed by atoms with Crippen LogP contribution in [0, 0.1) is 17.8 Å². The van der Waals surface area contributed by atoms with Crippen LogP contribution in [0.15, 0.2) is 35.5 Å². The normalized spacial score (nSPS) is 16.5. The second-order valence-electron chi connectivity index (χ2n) is 8.73. The van der Waals surface area contributed by atoms with Crippen molar-refractivity contribution < 1.29 is 14.6 Å². The van der Waals surface area contributed by atoms with Gasteiger partial charge in [-0.15, -0.1) is 0 Å². The zero-order valence-corrected chi connectivity index (χ0v) is 19.9. The smallest absolute Gasteiger partial charge is 0.333 e. The Morgan fingerprint density at radius 3 is 2.28 bits per heavy atom. The van der Waals surface area contributed by atoms with E-state index in [0.29, 0.717) is 11.5 Å². The van der Waals surface area contributed by atoms with Gasteiger partial charge in [-0.05, 0) is 50.9 Å². The molecule has 3 atom stereocenters. The second kappa shape index (κ2) is 16.4. The van der Waals surface area contributed by atoms with Crippen molar-refractivity contribution in [1.82, 2.24) is 0 Å². The molecule has 1 aliphatic carbocycles. The molecule has 0 aromatic carbocycles. The maximum absolute atomic E-state index is 11.5. The fraction of sp³-hybridized carbons (Fsp3) is 0.731. The van der Waals surface area contributed by atoms with Crippen LogP contribution in [0.2, 0.25) is 0 Å². The Hall–Kier alpha value is -1.35. The third-order valence-corrected chi connectivity index (χ3v) is 5.62. The number of aliphatic hydroxyl groups excluding tert-OH is 1. The summed E-state index contributed by atoms with van der Waals surface area (Å²) in [5.41, 5.74) is 3.41. The number of rotatable bonds is 12. The Balaban J connectivity index is 0.00000245. The van der Waals surface area contributed by atoms with Gasteiger partial charge in [0.25, 0.3) is 0 Å². The summed E-state index contributed by atoms with van der Waals surface area (Å²) in [5.74, 6) is 1.12. The number of carbonyl (C=O) groups is 1. The SMILES string of the molecule is C=C(C)C(=O)OCC(CO)CCC1=CC=C(C(C)CCC(C)CC)CC1.CCC. The third-order valence-electron chi connectivity index (χ3n) is 5.62. The molecule has 168 valence electrons. The molecule has 29 heavy (non-hydrogen) atoms. The zero-order valence-electron chi connectivity index (χ0n) is 19.9. The maximum atomic E-state index is 11.5. The van der Waals surface area contributed by atoms with Crippen molar-refractivity contribution >= 4 is 5.97 Å². The van der Waals surface area contributed by atoms with Crippen molar-refractivity contribution in [3.8, 4) is 0 Å². The van der Waals surface area contributed by atoms with Crippen molar-refractivity contribution in [2.75, 3.05) is 13.2 Å². The zero-order chi connectivity index (χ0) is 22.2. The molecule has 1 aliphatic rings. The summed E-state index contributed by atoms with van der Waals surface area (Å²) in [6.07, 6.45) is 13.8. The Bertz CT molecular complexity index is 530. The van der Waals surface area contributed by atoms with E-state index in [1.54, 1.807) is 12.5 Å². The van der Waals surface area contributed by atoms with Crippen molar-refractivity contribution in [2.45, 2.75) is 92.9 Å². The number of esters is 1. The van der Waals surface area contributed by atoms with Gasteiger partial charge in [0.1, 0.15) is 0 Å². The van der Waals surface area contributed by atoms with Crippen molar-refractivity contribution in [3.05, 3.63) is 35.5 Å². The predicted octanol–water partition coefficient (Wildman–Crippen LogP) is 7.02. The monoisotopic (exact) mass is 406 g/mol. The Labute approximate surface area is 180 Å². The molecular formula is C26H46O3. The Morgan fingerprint density at radius 1 is 1.14 bits per heavy atom. The Kier molecular flexibility index (Phi) is 15.7. The number of hydrogen-bond donors (Lipinski definition) is 1. The van der Waals surface area contributed by atoms with Crippen molar-refractivity contribution in [1.29, 1.82) is 0 Å². The average Bonchev–Trinajstić information content (AvgIpc) is 2.72. The van der Waals surface area contributed by atoms with E-state index in [9.17, 15) is 9.90 Å². The van der Waals surface area contributed by atoms with Gasteiger partial charge >= 0.3 is 5.97 Å². The number of ether oxygens (including phenoxy) is 1. The van der Waals surface area contributed by atoms with Crippen LogP contribution in [0.5, 0.6) is 0 Å². The van der Waals surface area contributed by atoms with E-state index in [4.69, 9.17) is 4.74 Å². The van der Waals surface area contributed by atoms with E-state index in [0.717, 1.165) is 31.6 Å². The van der Waals surface area contributed by atoms with E-state index in [1.807, 2.05) is 0 Å². The standard InChI is InChI=1S/C23H38O3.C3H8/c1-6-18(4)7-8-19(5)22-13-11-20(12-14-22)9-10-21(15-24)16-26-23(25)17(2)3;1-3-2/h11,13,18-19,21,24H,2,6-10,12,14-16H2,1,3-5H3;3H2,1-2H3. The number of allylic oxidation sites excluding steroid dienone is 4. The van der Waals surface area contributed by atoms with Crippen molar-refractivity contribution in [3.63, 3.8) is 0 Å². The molecule has 0 radical (unpaired) electrons. The van der Waals surface area contributed by atoms with Crippen molar-refractivity contribution in [2.24, 2.45) is 17.8 Å². The van der Waals surface area contributed by atoms with Crippen LogP contribution < -0.4 is 0 Å². The molecule has 0 fully saturated rings. The largest absolute Gasteiger partial charge is 0.462 e. The van der Waals surface area contributed by atoms with E-state index in [2.05, 4.69) is 53.3 Å². The lowest BCUT2D eigenvalue weighted by molar-refractivity contribution is -0.140. The lowest BCUT2D eigenvalue weighted by Crippen LogP contribution is -2.18. The summed E-state index contributed by atoms with van der Waals surface area (Å²) in [6, 6.07) is 0. The van der Waals surface area contributed by atoms with Crippen LogP contribution in [-0.4, -0.2) is 24.3 Å². The summed E-state index contributed by atoms with van der Waals surface area (Å²) in [4.78, 5) is 11.5. The fourth-order valence-corrected chi connectivity index (χ4v) is 3.17. The first kappa shape index (κ1) is 27.6. The van der Waals surface area contributed by atoms with Crippen LogP contribution in [0.4, 0.5) is 0 Å². The first-order chi connectivity index (χ1) is 13.8. The fourth-order valence-electron chi connectivity index (χ4n) is 3.17. The molecular weight excluding hydrogens is 360 g/mol. The Morgan fingerprint density at radius 2 is 1.79 bits per heavy atom. The lowest BCUT2D eigenvalue weighted by Gasteiger charge is -2.22. The maximum Gasteiger partial charge on any atom is 0.333 e. The summed E-state index contributed by atoms with van der Waals surface area (Å²) >= 11 is 0. The first-order valence-corrected chi connectivity index (χ1v) is 11.6. The van der Waals surface area contributed by atoms with Gasteiger partial charge in [0.2, 0.25) is 0 Å². The molecule has 0 amide bonds. The van der Waals surface area contributed by atoms with Gasteiger partial charge in [-0.2, -0.15) is 0 Å². The van der Waals surface area contributed by atoms with Gasteiger partial charge in [0.15, 0.2) is 0 Å². The predicted molar refractivity (Wildman–Crippen MR) is 125 cm³/mol.